The van der Waals surface area contributed by atoms with E-state index in [-0.39, 0.29) is 12.5 Å². The lowest BCUT2D eigenvalue weighted by molar-refractivity contribution is -0.121. The molecule has 25 heavy (non-hydrogen) atoms. The number of benzene rings is 2. The summed E-state index contributed by atoms with van der Waals surface area (Å²) < 4.78 is 10.7. The van der Waals surface area contributed by atoms with Crippen molar-refractivity contribution in [2.24, 2.45) is 0 Å². The standard InChI is InChI=1S/C21H23NO3/c1-4-12-25-19-10-8-17(14-20(19)24-3)9-11-21(23)22-15-18-7-5-6-16(2)13-18/h1,5-8,10,13-14H,9,11-12,15H2,2-3H3,(H,22,23). The molecule has 2 rings (SSSR count). The first-order valence-electron chi connectivity index (χ1n) is 8.18. The van der Waals surface area contributed by atoms with Crippen LogP contribution in [0.5, 0.6) is 11.5 Å². The Kier molecular flexibility index (Phi) is 6.91. The Labute approximate surface area is 149 Å². The fraction of sp³-hybridized carbons (Fsp3) is 0.286. The van der Waals surface area contributed by atoms with Crippen LogP contribution in [0.2, 0.25) is 0 Å². The lowest BCUT2D eigenvalue weighted by atomic mass is 10.1. The summed E-state index contributed by atoms with van der Waals surface area (Å²) >= 11 is 0. The molecule has 0 atom stereocenters. The minimum absolute atomic E-state index is 0.0214. The third-order valence-electron chi connectivity index (χ3n) is 3.75. The molecule has 0 aliphatic rings. The largest absolute Gasteiger partial charge is 0.493 e. The second kappa shape index (κ2) is 9.39. The number of methoxy groups -OCH3 is 1. The molecule has 0 spiro atoms. The molecule has 0 fully saturated rings. The van der Waals surface area contributed by atoms with E-state index >= 15 is 0 Å². The molecule has 1 N–H and O–H groups in total. The van der Waals surface area contributed by atoms with Crippen molar-refractivity contribution < 1.29 is 14.3 Å². The maximum Gasteiger partial charge on any atom is 0.220 e. The fourth-order valence-electron chi connectivity index (χ4n) is 2.48. The third kappa shape index (κ3) is 5.89. The number of hydrogen-bond donors (Lipinski definition) is 1. The van der Waals surface area contributed by atoms with Crippen LogP contribution >= 0.6 is 0 Å². The van der Waals surface area contributed by atoms with Gasteiger partial charge in [0, 0.05) is 13.0 Å². The van der Waals surface area contributed by atoms with Gasteiger partial charge in [-0.3, -0.25) is 4.79 Å². The van der Waals surface area contributed by atoms with Gasteiger partial charge in [-0.05, 0) is 36.6 Å². The zero-order valence-corrected chi connectivity index (χ0v) is 14.7. The summed E-state index contributed by atoms with van der Waals surface area (Å²) in [7, 11) is 1.58. The van der Waals surface area contributed by atoms with Gasteiger partial charge >= 0.3 is 0 Å². The van der Waals surface area contributed by atoms with Crippen molar-refractivity contribution in [2.45, 2.75) is 26.3 Å². The first-order valence-corrected chi connectivity index (χ1v) is 8.18. The summed E-state index contributed by atoms with van der Waals surface area (Å²) in [4.78, 5) is 12.0. The highest BCUT2D eigenvalue weighted by Crippen LogP contribution is 2.28. The molecule has 4 nitrogen and oxygen atoms in total. The van der Waals surface area contributed by atoms with Gasteiger partial charge in [0.15, 0.2) is 11.5 Å². The number of hydrogen-bond acceptors (Lipinski definition) is 3. The lowest BCUT2D eigenvalue weighted by Gasteiger charge is -2.11. The van der Waals surface area contributed by atoms with E-state index in [4.69, 9.17) is 15.9 Å². The molecule has 1 amide bonds. The van der Waals surface area contributed by atoms with Crippen LogP contribution in [-0.2, 0) is 17.8 Å². The summed E-state index contributed by atoms with van der Waals surface area (Å²) in [5, 5.41) is 2.95. The zero-order chi connectivity index (χ0) is 18.1. The van der Waals surface area contributed by atoms with Gasteiger partial charge in [-0.1, -0.05) is 41.8 Å². The van der Waals surface area contributed by atoms with Gasteiger partial charge in [0.1, 0.15) is 6.61 Å². The number of aryl methyl sites for hydroxylation is 2. The average molecular weight is 337 g/mol. The highest BCUT2D eigenvalue weighted by molar-refractivity contribution is 5.76. The minimum Gasteiger partial charge on any atom is -0.493 e. The highest BCUT2D eigenvalue weighted by Gasteiger charge is 2.08. The van der Waals surface area contributed by atoms with E-state index in [1.54, 1.807) is 7.11 Å². The number of terminal acetylenes is 1. The van der Waals surface area contributed by atoms with Crippen molar-refractivity contribution >= 4 is 5.91 Å². The lowest BCUT2D eigenvalue weighted by Crippen LogP contribution is -2.23. The Bertz CT molecular complexity index is 762. The smallest absolute Gasteiger partial charge is 0.220 e. The molecule has 0 unspecified atom stereocenters. The quantitative estimate of drug-likeness (QED) is 0.752. The minimum atomic E-state index is 0.0214. The van der Waals surface area contributed by atoms with E-state index in [9.17, 15) is 4.79 Å². The first kappa shape index (κ1) is 18.4. The molecule has 0 bridgehead atoms. The van der Waals surface area contributed by atoms with Crippen LogP contribution in [0.4, 0.5) is 0 Å². The Morgan fingerprint density at radius 1 is 1.16 bits per heavy atom. The Balaban J connectivity index is 1.85. The number of carbonyl (C=O) groups is 1. The van der Waals surface area contributed by atoms with Gasteiger partial charge in [-0.25, -0.2) is 0 Å². The van der Waals surface area contributed by atoms with Gasteiger partial charge in [0.2, 0.25) is 5.91 Å². The zero-order valence-electron chi connectivity index (χ0n) is 14.7. The predicted octanol–water partition coefficient (Wildman–Crippen LogP) is 3.26. The van der Waals surface area contributed by atoms with Crippen molar-refractivity contribution in [3.63, 3.8) is 0 Å². The predicted molar refractivity (Wildman–Crippen MR) is 98.7 cm³/mol. The summed E-state index contributed by atoms with van der Waals surface area (Å²) in [6, 6.07) is 13.7. The fourth-order valence-corrected chi connectivity index (χ4v) is 2.48. The SMILES string of the molecule is C#CCOc1ccc(CCC(=O)NCc2cccc(C)c2)cc1OC. The topological polar surface area (TPSA) is 47.6 Å². The van der Waals surface area contributed by atoms with Crippen LogP contribution < -0.4 is 14.8 Å². The number of ether oxygens (including phenoxy) is 2. The maximum absolute atomic E-state index is 12.0. The molecule has 2 aromatic carbocycles. The number of amides is 1. The van der Waals surface area contributed by atoms with Gasteiger partial charge < -0.3 is 14.8 Å². The van der Waals surface area contributed by atoms with E-state index in [1.807, 2.05) is 43.3 Å². The normalized spacial score (nSPS) is 9.96. The molecular weight excluding hydrogens is 314 g/mol. The summed E-state index contributed by atoms with van der Waals surface area (Å²) in [5.41, 5.74) is 3.30. The molecule has 0 saturated heterocycles. The van der Waals surface area contributed by atoms with Crippen LogP contribution in [-0.4, -0.2) is 19.6 Å². The van der Waals surface area contributed by atoms with Crippen LogP contribution in [0.1, 0.15) is 23.1 Å². The maximum atomic E-state index is 12.0. The summed E-state index contributed by atoms with van der Waals surface area (Å²) in [6.07, 6.45) is 6.24. The van der Waals surface area contributed by atoms with Crippen molar-refractivity contribution in [3.8, 4) is 23.8 Å². The monoisotopic (exact) mass is 337 g/mol. The molecular formula is C21H23NO3. The molecule has 0 saturated carbocycles. The second-order valence-corrected chi connectivity index (χ2v) is 5.74. The van der Waals surface area contributed by atoms with Crippen LogP contribution in [0, 0.1) is 19.3 Å². The molecule has 0 aliphatic heterocycles. The van der Waals surface area contributed by atoms with Crippen molar-refractivity contribution in [1.29, 1.82) is 0 Å². The third-order valence-corrected chi connectivity index (χ3v) is 3.75. The van der Waals surface area contributed by atoms with Crippen LogP contribution in [0.25, 0.3) is 0 Å². The van der Waals surface area contributed by atoms with E-state index in [0.29, 0.717) is 30.9 Å². The Morgan fingerprint density at radius 2 is 2.00 bits per heavy atom. The van der Waals surface area contributed by atoms with Gasteiger partial charge in [-0.2, -0.15) is 0 Å². The van der Waals surface area contributed by atoms with Crippen LogP contribution in [0.3, 0.4) is 0 Å². The highest BCUT2D eigenvalue weighted by atomic mass is 16.5. The van der Waals surface area contributed by atoms with Gasteiger partial charge in [-0.15, -0.1) is 6.42 Å². The average Bonchev–Trinajstić information content (AvgIpc) is 2.63. The number of nitrogens with one attached hydrogen (secondary N) is 1. The van der Waals surface area contributed by atoms with Gasteiger partial charge in [0.05, 0.1) is 7.11 Å². The van der Waals surface area contributed by atoms with E-state index in [1.165, 1.54) is 5.56 Å². The summed E-state index contributed by atoms with van der Waals surface area (Å²) in [6.45, 7) is 2.77. The molecule has 0 aliphatic carbocycles. The van der Waals surface area contributed by atoms with Crippen molar-refractivity contribution in [2.75, 3.05) is 13.7 Å². The molecule has 0 radical (unpaired) electrons. The molecule has 4 heteroatoms. The second-order valence-electron chi connectivity index (χ2n) is 5.74. The molecule has 0 heterocycles. The Morgan fingerprint density at radius 3 is 2.72 bits per heavy atom. The Hall–Kier alpha value is -2.93. The van der Waals surface area contributed by atoms with Crippen molar-refractivity contribution in [1.82, 2.24) is 5.32 Å². The molecule has 130 valence electrons. The number of carbonyl (C=O) groups excluding carboxylic acids is 1. The van der Waals surface area contributed by atoms with E-state index < -0.39 is 0 Å². The van der Waals surface area contributed by atoms with Gasteiger partial charge in [0.25, 0.3) is 0 Å². The summed E-state index contributed by atoms with van der Waals surface area (Å²) in [5.74, 6) is 3.67. The molecule has 0 aromatic heterocycles. The number of rotatable bonds is 8. The van der Waals surface area contributed by atoms with Crippen molar-refractivity contribution in [3.05, 3.63) is 59.2 Å². The first-order chi connectivity index (χ1) is 12.1. The van der Waals surface area contributed by atoms with Crippen LogP contribution in [0.15, 0.2) is 42.5 Å². The molecule has 2 aromatic rings. The van der Waals surface area contributed by atoms with E-state index in [0.717, 1.165) is 11.1 Å². The van der Waals surface area contributed by atoms with E-state index in [2.05, 4.69) is 17.3 Å².